The summed E-state index contributed by atoms with van der Waals surface area (Å²) < 4.78 is 39.9. The minimum atomic E-state index is -4.33. The van der Waals surface area contributed by atoms with E-state index in [9.17, 15) is 18.0 Å². The van der Waals surface area contributed by atoms with Crippen LogP contribution < -0.4 is 5.32 Å². The van der Waals surface area contributed by atoms with Crippen LogP contribution in [0.4, 0.5) is 13.2 Å². The standard InChI is InChI=1S/C31H35F3N2O/c1-22-17-23(2)19-26(18-22)30(37)36-16-14-27(21-28(36)20-24-9-4-3-5-10-24)35-15-8-12-25-11-6-7-13-29(25)31(32,33)34/h3-7,9-11,13,17-19,27-28,35H,8,12,14-16,20-21H2,1-2H3/t27-,28+/m0/s1. The van der Waals surface area contributed by atoms with Crippen LogP contribution in [0.3, 0.4) is 0 Å². The van der Waals surface area contributed by atoms with E-state index in [1.807, 2.05) is 49.1 Å². The van der Waals surface area contributed by atoms with Crippen LogP contribution in [0.25, 0.3) is 0 Å². The van der Waals surface area contributed by atoms with Gasteiger partial charge in [0.05, 0.1) is 5.56 Å². The van der Waals surface area contributed by atoms with Crippen molar-refractivity contribution in [2.24, 2.45) is 0 Å². The van der Waals surface area contributed by atoms with Gasteiger partial charge >= 0.3 is 6.18 Å². The van der Waals surface area contributed by atoms with E-state index in [-0.39, 0.29) is 18.0 Å². The minimum absolute atomic E-state index is 0.0490. The molecule has 0 radical (unpaired) electrons. The van der Waals surface area contributed by atoms with Crippen molar-refractivity contribution in [3.63, 3.8) is 0 Å². The molecule has 0 aliphatic carbocycles. The first kappa shape index (κ1) is 26.9. The first-order chi connectivity index (χ1) is 17.7. The number of hydrogen-bond acceptors (Lipinski definition) is 2. The van der Waals surface area contributed by atoms with E-state index < -0.39 is 11.7 Å². The zero-order valence-corrected chi connectivity index (χ0v) is 21.5. The van der Waals surface area contributed by atoms with Gasteiger partial charge in [0, 0.05) is 24.2 Å². The summed E-state index contributed by atoms with van der Waals surface area (Å²) in [7, 11) is 0. The average molecular weight is 509 g/mol. The molecule has 1 aliphatic heterocycles. The van der Waals surface area contributed by atoms with E-state index in [1.54, 1.807) is 12.1 Å². The number of carbonyl (C=O) groups excluding carboxylic acids is 1. The number of nitrogens with zero attached hydrogens (tertiary/aromatic N) is 1. The molecule has 196 valence electrons. The van der Waals surface area contributed by atoms with Gasteiger partial charge in [0.1, 0.15) is 0 Å². The second kappa shape index (κ2) is 12.0. The molecule has 1 N–H and O–H groups in total. The Bertz CT molecular complexity index is 1170. The van der Waals surface area contributed by atoms with E-state index in [2.05, 4.69) is 23.5 Å². The first-order valence-electron chi connectivity index (χ1n) is 13.0. The SMILES string of the molecule is Cc1cc(C)cc(C(=O)N2CC[C@H](NCCCc3ccccc3C(F)(F)F)C[C@H]2Cc2ccccc2)c1. The fourth-order valence-corrected chi connectivity index (χ4v) is 5.45. The number of benzene rings is 3. The third-order valence-electron chi connectivity index (χ3n) is 7.14. The Morgan fingerprint density at radius 3 is 2.35 bits per heavy atom. The van der Waals surface area contributed by atoms with Crippen molar-refractivity contribution in [1.82, 2.24) is 10.2 Å². The highest BCUT2D eigenvalue weighted by Crippen LogP contribution is 2.32. The number of nitrogens with one attached hydrogen (secondary N) is 1. The van der Waals surface area contributed by atoms with Crippen molar-refractivity contribution in [2.45, 2.75) is 64.2 Å². The number of rotatable bonds is 8. The van der Waals surface area contributed by atoms with E-state index in [1.165, 1.54) is 11.6 Å². The molecule has 0 aromatic heterocycles. The number of hydrogen-bond donors (Lipinski definition) is 1. The number of carbonyl (C=O) groups is 1. The molecule has 3 aromatic carbocycles. The topological polar surface area (TPSA) is 32.3 Å². The van der Waals surface area contributed by atoms with Crippen LogP contribution in [0.15, 0.2) is 72.8 Å². The van der Waals surface area contributed by atoms with Crippen LogP contribution in [0, 0.1) is 13.8 Å². The second-order valence-electron chi connectivity index (χ2n) is 10.2. The van der Waals surface area contributed by atoms with Gasteiger partial charge in [-0.3, -0.25) is 4.79 Å². The zero-order valence-electron chi connectivity index (χ0n) is 21.5. The summed E-state index contributed by atoms with van der Waals surface area (Å²) in [5, 5.41) is 3.56. The van der Waals surface area contributed by atoms with Gasteiger partial charge in [-0.1, -0.05) is 65.7 Å². The van der Waals surface area contributed by atoms with E-state index >= 15 is 0 Å². The van der Waals surface area contributed by atoms with Gasteiger partial charge in [-0.25, -0.2) is 0 Å². The molecule has 4 rings (SSSR count). The average Bonchev–Trinajstić information content (AvgIpc) is 2.86. The second-order valence-corrected chi connectivity index (χ2v) is 10.2. The Morgan fingerprint density at radius 1 is 0.973 bits per heavy atom. The van der Waals surface area contributed by atoms with Crippen LogP contribution >= 0.6 is 0 Å². The van der Waals surface area contributed by atoms with Crippen LogP contribution in [0.2, 0.25) is 0 Å². The number of aryl methyl sites for hydroxylation is 3. The highest BCUT2D eigenvalue weighted by atomic mass is 19.4. The Morgan fingerprint density at radius 2 is 1.65 bits per heavy atom. The molecule has 1 heterocycles. The summed E-state index contributed by atoms with van der Waals surface area (Å²) in [4.78, 5) is 15.6. The molecule has 1 fully saturated rings. The minimum Gasteiger partial charge on any atom is -0.335 e. The quantitative estimate of drug-likeness (QED) is 0.341. The number of piperidine rings is 1. The van der Waals surface area contributed by atoms with Gasteiger partial charge in [-0.2, -0.15) is 13.2 Å². The highest BCUT2D eigenvalue weighted by molar-refractivity contribution is 5.95. The van der Waals surface area contributed by atoms with E-state index in [0.29, 0.717) is 31.5 Å². The Kier molecular flexibility index (Phi) is 8.70. The molecule has 0 unspecified atom stereocenters. The monoisotopic (exact) mass is 508 g/mol. The predicted octanol–water partition coefficient (Wildman–Crippen LogP) is 6.76. The van der Waals surface area contributed by atoms with Crippen molar-refractivity contribution in [3.05, 3.63) is 106 Å². The lowest BCUT2D eigenvalue weighted by Crippen LogP contribution is -2.52. The van der Waals surface area contributed by atoms with Gasteiger partial charge < -0.3 is 10.2 Å². The molecule has 2 atom stereocenters. The summed E-state index contributed by atoms with van der Waals surface area (Å²) in [6.45, 7) is 5.31. The molecule has 0 saturated carbocycles. The normalized spacial score (nSPS) is 18.1. The molecule has 0 spiro atoms. The molecule has 6 heteroatoms. The van der Waals surface area contributed by atoms with Crippen molar-refractivity contribution in [1.29, 1.82) is 0 Å². The molecular weight excluding hydrogens is 473 g/mol. The van der Waals surface area contributed by atoms with Crippen LogP contribution in [-0.4, -0.2) is 36.0 Å². The number of amides is 1. The van der Waals surface area contributed by atoms with E-state index in [4.69, 9.17) is 0 Å². The fraction of sp³-hybridized carbons (Fsp3) is 0.387. The largest absolute Gasteiger partial charge is 0.416 e. The lowest BCUT2D eigenvalue weighted by Gasteiger charge is -2.40. The Balaban J connectivity index is 1.40. The molecule has 37 heavy (non-hydrogen) atoms. The summed E-state index contributed by atoms with van der Waals surface area (Å²) in [6, 6.07) is 22.3. The molecule has 1 aliphatic rings. The zero-order chi connectivity index (χ0) is 26.4. The maximum absolute atomic E-state index is 13.6. The maximum Gasteiger partial charge on any atom is 0.416 e. The number of alkyl halides is 3. The molecule has 3 aromatic rings. The van der Waals surface area contributed by atoms with Crippen LogP contribution in [0.1, 0.15) is 57.4 Å². The van der Waals surface area contributed by atoms with Gasteiger partial charge in [-0.15, -0.1) is 0 Å². The van der Waals surface area contributed by atoms with Gasteiger partial charge in [0.15, 0.2) is 0 Å². The lowest BCUT2D eigenvalue weighted by atomic mass is 9.91. The Hall–Kier alpha value is -3.12. The number of likely N-dealkylation sites (tertiary alicyclic amines) is 1. The van der Waals surface area contributed by atoms with Gasteiger partial charge in [0.2, 0.25) is 0 Å². The summed E-state index contributed by atoms with van der Waals surface area (Å²) >= 11 is 0. The third kappa shape index (κ3) is 7.22. The molecular formula is C31H35F3N2O. The van der Waals surface area contributed by atoms with Gasteiger partial charge in [-0.05, 0) is 81.8 Å². The summed E-state index contributed by atoms with van der Waals surface area (Å²) in [5.41, 5.74) is 3.86. The summed E-state index contributed by atoms with van der Waals surface area (Å²) in [6.07, 6.45) is -0.928. The van der Waals surface area contributed by atoms with Crippen molar-refractivity contribution in [3.8, 4) is 0 Å². The van der Waals surface area contributed by atoms with Crippen molar-refractivity contribution >= 4 is 5.91 Å². The molecule has 3 nitrogen and oxygen atoms in total. The number of halogens is 3. The molecule has 0 bridgehead atoms. The third-order valence-corrected chi connectivity index (χ3v) is 7.14. The van der Waals surface area contributed by atoms with Crippen molar-refractivity contribution in [2.75, 3.05) is 13.1 Å². The van der Waals surface area contributed by atoms with E-state index in [0.717, 1.165) is 42.0 Å². The molecule has 1 amide bonds. The Labute approximate surface area is 217 Å². The van der Waals surface area contributed by atoms with Crippen molar-refractivity contribution < 1.29 is 18.0 Å². The lowest BCUT2D eigenvalue weighted by molar-refractivity contribution is -0.138. The maximum atomic E-state index is 13.6. The van der Waals surface area contributed by atoms with Crippen LogP contribution in [-0.2, 0) is 19.0 Å². The first-order valence-corrected chi connectivity index (χ1v) is 13.0. The van der Waals surface area contributed by atoms with Gasteiger partial charge in [0.25, 0.3) is 5.91 Å². The summed E-state index contributed by atoms with van der Waals surface area (Å²) in [5.74, 6) is 0.0648. The highest BCUT2D eigenvalue weighted by Gasteiger charge is 2.33. The smallest absolute Gasteiger partial charge is 0.335 e. The predicted molar refractivity (Wildman–Crippen MR) is 142 cm³/mol. The molecule has 1 saturated heterocycles. The van der Waals surface area contributed by atoms with Crippen LogP contribution in [0.5, 0.6) is 0 Å². The fourth-order valence-electron chi connectivity index (χ4n) is 5.45.